The molecule has 0 atom stereocenters. The zero-order valence-corrected chi connectivity index (χ0v) is 12.6. The molecule has 4 heteroatoms. The third-order valence-electron chi connectivity index (χ3n) is 3.79. The van der Waals surface area contributed by atoms with E-state index in [0.29, 0.717) is 5.15 Å². The smallest absolute Gasteiger partial charge is 0.141 e. The molecule has 0 fully saturated rings. The standard InChI is InChI=1S/C16H18ClN3/c1-3-14-18-15(17)11(2)16(19-14)20-10-6-8-12-7-4-5-9-13(12)20/h4-5,7,9H,3,6,8,10H2,1-2H3. The molecule has 2 aromatic rings. The van der Waals surface area contributed by atoms with E-state index in [-0.39, 0.29) is 0 Å². The summed E-state index contributed by atoms with van der Waals surface area (Å²) in [7, 11) is 0. The first-order chi connectivity index (χ1) is 9.70. The first-order valence-electron chi connectivity index (χ1n) is 7.09. The molecule has 20 heavy (non-hydrogen) atoms. The Morgan fingerprint density at radius 3 is 2.85 bits per heavy atom. The molecule has 0 spiro atoms. The molecule has 0 radical (unpaired) electrons. The van der Waals surface area contributed by atoms with Crippen molar-refractivity contribution in [1.82, 2.24) is 9.97 Å². The van der Waals surface area contributed by atoms with Gasteiger partial charge in [-0.25, -0.2) is 9.97 Å². The molecule has 3 nitrogen and oxygen atoms in total. The summed E-state index contributed by atoms with van der Waals surface area (Å²) in [4.78, 5) is 11.3. The van der Waals surface area contributed by atoms with Crippen LogP contribution in [0.15, 0.2) is 24.3 Å². The van der Waals surface area contributed by atoms with Crippen LogP contribution in [0.2, 0.25) is 5.15 Å². The van der Waals surface area contributed by atoms with E-state index in [0.717, 1.165) is 43.0 Å². The number of halogens is 1. The predicted octanol–water partition coefficient (Wildman–Crippen LogP) is 4.09. The second kappa shape index (κ2) is 5.41. The van der Waals surface area contributed by atoms with Gasteiger partial charge in [-0.3, -0.25) is 0 Å². The lowest BCUT2D eigenvalue weighted by atomic mass is 10.0. The minimum atomic E-state index is 0.565. The fourth-order valence-corrected chi connectivity index (χ4v) is 2.88. The van der Waals surface area contributed by atoms with E-state index in [1.54, 1.807) is 0 Å². The number of hydrogen-bond donors (Lipinski definition) is 0. The Balaban J connectivity index is 2.13. The summed E-state index contributed by atoms with van der Waals surface area (Å²) in [6.45, 7) is 5.03. The number of para-hydroxylation sites is 1. The molecule has 0 bridgehead atoms. The van der Waals surface area contributed by atoms with E-state index in [4.69, 9.17) is 16.6 Å². The van der Waals surface area contributed by atoms with E-state index < -0.39 is 0 Å². The van der Waals surface area contributed by atoms with Crippen LogP contribution in [-0.4, -0.2) is 16.5 Å². The van der Waals surface area contributed by atoms with Crippen molar-refractivity contribution in [2.45, 2.75) is 33.1 Å². The lowest BCUT2D eigenvalue weighted by Crippen LogP contribution is -2.26. The number of fused-ring (bicyclic) bond motifs is 1. The second-order valence-corrected chi connectivity index (χ2v) is 5.47. The van der Waals surface area contributed by atoms with E-state index in [1.807, 2.05) is 6.92 Å². The van der Waals surface area contributed by atoms with Gasteiger partial charge in [0.05, 0.1) is 0 Å². The van der Waals surface area contributed by atoms with Crippen LogP contribution >= 0.6 is 11.6 Å². The predicted molar refractivity (Wildman–Crippen MR) is 82.9 cm³/mol. The maximum atomic E-state index is 6.27. The summed E-state index contributed by atoms with van der Waals surface area (Å²) >= 11 is 6.27. The van der Waals surface area contributed by atoms with Gasteiger partial charge in [0.25, 0.3) is 0 Å². The SMILES string of the molecule is CCc1nc(Cl)c(C)c(N2CCCc3ccccc32)n1. The minimum Gasteiger partial charge on any atom is -0.326 e. The van der Waals surface area contributed by atoms with Gasteiger partial charge in [-0.1, -0.05) is 36.7 Å². The number of nitrogens with zero attached hydrogens (tertiary/aromatic N) is 3. The van der Waals surface area contributed by atoms with Crippen molar-refractivity contribution in [3.63, 3.8) is 0 Å². The molecule has 2 heterocycles. The summed E-state index contributed by atoms with van der Waals surface area (Å²) in [6.07, 6.45) is 3.06. The number of aromatic nitrogens is 2. The quantitative estimate of drug-likeness (QED) is 0.779. The summed E-state index contributed by atoms with van der Waals surface area (Å²) < 4.78 is 0. The van der Waals surface area contributed by atoms with E-state index >= 15 is 0 Å². The highest BCUT2D eigenvalue weighted by Gasteiger charge is 2.22. The number of rotatable bonds is 2. The third-order valence-corrected chi connectivity index (χ3v) is 4.16. The Hall–Kier alpha value is -1.61. The average Bonchev–Trinajstić information content (AvgIpc) is 2.49. The molecule has 0 unspecified atom stereocenters. The molecule has 0 saturated carbocycles. The highest BCUT2D eigenvalue weighted by atomic mass is 35.5. The van der Waals surface area contributed by atoms with Gasteiger partial charge in [-0.05, 0) is 31.4 Å². The van der Waals surface area contributed by atoms with Gasteiger partial charge in [0.15, 0.2) is 0 Å². The number of hydrogen-bond acceptors (Lipinski definition) is 3. The van der Waals surface area contributed by atoms with Crippen LogP contribution in [-0.2, 0) is 12.8 Å². The summed E-state index contributed by atoms with van der Waals surface area (Å²) in [5.74, 6) is 1.76. The number of aryl methyl sites for hydroxylation is 2. The number of anilines is 2. The second-order valence-electron chi connectivity index (χ2n) is 5.12. The van der Waals surface area contributed by atoms with Crippen molar-refractivity contribution in [2.24, 2.45) is 0 Å². The zero-order valence-electron chi connectivity index (χ0n) is 11.9. The molecule has 3 rings (SSSR count). The van der Waals surface area contributed by atoms with Gasteiger partial charge >= 0.3 is 0 Å². The van der Waals surface area contributed by atoms with Gasteiger partial charge in [-0.15, -0.1) is 0 Å². The topological polar surface area (TPSA) is 29.0 Å². The Morgan fingerprint density at radius 1 is 1.25 bits per heavy atom. The van der Waals surface area contributed by atoms with Crippen LogP contribution < -0.4 is 4.90 Å². The van der Waals surface area contributed by atoms with Crippen molar-refractivity contribution in [1.29, 1.82) is 0 Å². The van der Waals surface area contributed by atoms with Gasteiger partial charge in [0.1, 0.15) is 16.8 Å². The van der Waals surface area contributed by atoms with Crippen LogP contribution in [0.5, 0.6) is 0 Å². The Kier molecular flexibility index (Phi) is 3.62. The monoisotopic (exact) mass is 287 g/mol. The normalized spacial score (nSPS) is 14.2. The molecule has 0 amide bonds. The molecule has 104 valence electrons. The molecule has 1 aromatic carbocycles. The van der Waals surface area contributed by atoms with E-state index in [2.05, 4.69) is 41.1 Å². The molecular formula is C16H18ClN3. The minimum absolute atomic E-state index is 0.565. The van der Waals surface area contributed by atoms with Gasteiger partial charge in [0, 0.05) is 24.2 Å². The molecular weight excluding hydrogens is 270 g/mol. The van der Waals surface area contributed by atoms with E-state index in [9.17, 15) is 0 Å². The first-order valence-corrected chi connectivity index (χ1v) is 7.47. The van der Waals surface area contributed by atoms with Crippen molar-refractivity contribution < 1.29 is 0 Å². The highest BCUT2D eigenvalue weighted by molar-refractivity contribution is 6.30. The molecule has 0 saturated heterocycles. The third kappa shape index (κ3) is 2.27. The first kappa shape index (κ1) is 13.4. The van der Waals surface area contributed by atoms with Crippen LogP contribution in [0.4, 0.5) is 11.5 Å². The van der Waals surface area contributed by atoms with E-state index in [1.165, 1.54) is 11.3 Å². The summed E-state index contributed by atoms with van der Waals surface area (Å²) in [5.41, 5.74) is 3.59. The van der Waals surface area contributed by atoms with Gasteiger partial charge in [0.2, 0.25) is 0 Å². The molecule has 1 aliphatic rings. The maximum Gasteiger partial charge on any atom is 0.141 e. The molecule has 0 N–H and O–H groups in total. The maximum absolute atomic E-state index is 6.27. The van der Waals surface area contributed by atoms with Gasteiger partial charge < -0.3 is 4.90 Å². The summed E-state index contributed by atoms with van der Waals surface area (Å²) in [6, 6.07) is 8.53. The van der Waals surface area contributed by atoms with Crippen LogP contribution in [0.25, 0.3) is 0 Å². The lowest BCUT2D eigenvalue weighted by Gasteiger charge is -2.31. The van der Waals surface area contributed by atoms with Crippen molar-refractivity contribution in [3.05, 3.63) is 46.4 Å². The average molecular weight is 288 g/mol. The highest BCUT2D eigenvalue weighted by Crippen LogP contribution is 2.35. The fourth-order valence-electron chi connectivity index (χ4n) is 2.70. The van der Waals surface area contributed by atoms with Crippen molar-refractivity contribution in [3.8, 4) is 0 Å². The molecule has 1 aromatic heterocycles. The van der Waals surface area contributed by atoms with Crippen LogP contribution in [0, 0.1) is 6.92 Å². The van der Waals surface area contributed by atoms with Crippen molar-refractivity contribution >= 4 is 23.1 Å². The Labute approximate surface area is 124 Å². The van der Waals surface area contributed by atoms with Crippen LogP contribution in [0.3, 0.4) is 0 Å². The lowest BCUT2D eigenvalue weighted by molar-refractivity contribution is 0.751. The largest absolute Gasteiger partial charge is 0.326 e. The van der Waals surface area contributed by atoms with Gasteiger partial charge in [-0.2, -0.15) is 0 Å². The summed E-state index contributed by atoms with van der Waals surface area (Å²) in [5, 5.41) is 0.565. The fraction of sp³-hybridized carbons (Fsp3) is 0.375. The van der Waals surface area contributed by atoms with Crippen LogP contribution in [0.1, 0.15) is 30.3 Å². The zero-order chi connectivity index (χ0) is 14.1. The Morgan fingerprint density at radius 2 is 2.05 bits per heavy atom. The number of benzene rings is 1. The van der Waals surface area contributed by atoms with Crippen molar-refractivity contribution in [2.75, 3.05) is 11.4 Å². The molecule has 0 aliphatic carbocycles. The Bertz CT molecular complexity index is 640. The molecule has 1 aliphatic heterocycles.